The van der Waals surface area contributed by atoms with Crippen molar-refractivity contribution in [3.63, 3.8) is 0 Å². The van der Waals surface area contributed by atoms with Crippen molar-refractivity contribution in [1.29, 1.82) is 0 Å². The molecule has 0 saturated carbocycles. The van der Waals surface area contributed by atoms with Crippen molar-refractivity contribution in [2.45, 2.75) is 36.2 Å². The van der Waals surface area contributed by atoms with Crippen molar-refractivity contribution in [2.24, 2.45) is 0 Å². The third-order valence-electron chi connectivity index (χ3n) is 1.99. The van der Waals surface area contributed by atoms with Gasteiger partial charge in [-0.05, 0) is 0 Å². The smallest absolute Gasteiger partial charge is 0.341 e. The largest absolute Gasteiger partial charge is 0.460 e. The molecule has 0 spiro atoms. The molecule has 0 aliphatic carbocycles. The first kappa shape index (κ1) is 19.1. The van der Waals surface area contributed by atoms with Crippen LogP contribution in [0.2, 0.25) is 0 Å². The fourth-order valence-electron chi connectivity index (χ4n) is 0.832. The first-order valence-electron chi connectivity index (χ1n) is 4.11. The van der Waals surface area contributed by atoms with E-state index in [4.69, 9.17) is 0 Å². The van der Waals surface area contributed by atoms with Gasteiger partial charge >= 0.3 is 29.9 Å². The number of alkyl halides is 12. The molecule has 20 heavy (non-hydrogen) atoms. The zero-order valence-electron chi connectivity index (χ0n) is 8.73. The lowest BCUT2D eigenvalue weighted by Gasteiger charge is -2.37. The molecular weight excluding hydrogens is 328 g/mol. The standard InChI is InChI=1S/C7H3F12O/c1-20-2(8)3(9,10)4(11,12)5(13,14)6(15,16)7(17,18)19/h2H,1H2. The molecule has 1 radical (unpaired) electrons. The monoisotopic (exact) mass is 331 g/mol. The maximum atomic E-state index is 12.6. The lowest BCUT2D eigenvalue weighted by atomic mass is 9.98. The summed E-state index contributed by atoms with van der Waals surface area (Å²) < 4.78 is 150. The number of hydrogen-bond donors (Lipinski definition) is 0. The summed E-state index contributed by atoms with van der Waals surface area (Å²) in [5.74, 6) is -29.3. The van der Waals surface area contributed by atoms with E-state index in [0.29, 0.717) is 0 Å². The summed E-state index contributed by atoms with van der Waals surface area (Å²) >= 11 is 0. The third kappa shape index (κ3) is 2.39. The Morgan fingerprint density at radius 3 is 1.25 bits per heavy atom. The van der Waals surface area contributed by atoms with Gasteiger partial charge in [0, 0.05) is 0 Å². The predicted octanol–water partition coefficient (Wildman–Crippen LogP) is 4.19. The highest BCUT2D eigenvalue weighted by Crippen LogP contribution is 2.58. The Morgan fingerprint density at radius 2 is 1.00 bits per heavy atom. The van der Waals surface area contributed by atoms with Gasteiger partial charge in [-0.15, -0.1) is 0 Å². The quantitative estimate of drug-likeness (QED) is 0.687. The van der Waals surface area contributed by atoms with Gasteiger partial charge in [-0.2, -0.15) is 48.3 Å². The van der Waals surface area contributed by atoms with Crippen LogP contribution < -0.4 is 0 Å². The van der Waals surface area contributed by atoms with Gasteiger partial charge in [0.1, 0.15) is 0 Å². The summed E-state index contributed by atoms with van der Waals surface area (Å²) in [5.41, 5.74) is 0. The Labute approximate surface area is 102 Å². The molecule has 1 atom stereocenters. The molecule has 13 heteroatoms. The molecule has 0 aromatic carbocycles. The Balaban J connectivity index is 5.94. The van der Waals surface area contributed by atoms with Crippen molar-refractivity contribution in [3.05, 3.63) is 7.11 Å². The molecule has 0 aromatic heterocycles. The van der Waals surface area contributed by atoms with Crippen LogP contribution in [-0.2, 0) is 4.74 Å². The molecule has 0 aliphatic heterocycles. The van der Waals surface area contributed by atoms with Crippen LogP contribution >= 0.6 is 0 Å². The molecule has 0 aromatic rings. The second-order valence-electron chi connectivity index (χ2n) is 3.33. The fraction of sp³-hybridized carbons (Fsp3) is 0.857. The zero-order valence-corrected chi connectivity index (χ0v) is 8.73. The maximum Gasteiger partial charge on any atom is 0.460 e. The van der Waals surface area contributed by atoms with E-state index in [2.05, 4.69) is 4.74 Å². The van der Waals surface area contributed by atoms with Crippen LogP contribution in [0.25, 0.3) is 0 Å². The Morgan fingerprint density at radius 1 is 0.650 bits per heavy atom. The lowest BCUT2D eigenvalue weighted by molar-refractivity contribution is -0.433. The van der Waals surface area contributed by atoms with Gasteiger partial charge in [0.25, 0.3) is 6.36 Å². The average molecular weight is 331 g/mol. The van der Waals surface area contributed by atoms with E-state index in [0.717, 1.165) is 0 Å². The molecule has 0 heterocycles. The van der Waals surface area contributed by atoms with E-state index in [1.54, 1.807) is 0 Å². The summed E-state index contributed by atoms with van der Waals surface area (Å²) in [5, 5.41) is 0. The molecule has 0 fully saturated rings. The molecule has 1 nitrogen and oxygen atoms in total. The number of rotatable bonds is 5. The second-order valence-corrected chi connectivity index (χ2v) is 3.33. The normalized spacial score (nSPS) is 17.2. The number of hydrogen-bond acceptors (Lipinski definition) is 1. The Kier molecular flexibility index (Phi) is 4.63. The first-order valence-corrected chi connectivity index (χ1v) is 4.11. The molecule has 0 rings (SSSR count). The van der Waals surface area contributed by atoms with Gasteiger partial charge < -0.3 is 4.74 Å². The summed E-state index contributed by atoms with van der Waals surface area (Å²) in [7, 11) is 1.82. The van der Waals surface area contributed by atoms with Crippen molar-refractivity contribution < 1.29 is 57.4 Å². The topological polar surface area (TPSA) is 9.23 Å². The molecule has 0 aliphatic rings. The molecule has 1 unspecified atom stereocenters. The second kappa shape index (κ2) is 4.84. The van der Waals surface area contributed by atoms with E-state index >= 15 is 0 Å². The van der Waals surface area contributed by atoms with Crippen LogP contribution in [0.1, 0.15) is 0 Å². The van der Waals surface area contributed by atoms with Gasteiger partial charge in [-0.1, -0.05) is 0 Å². The van der Waals surface area contributed by atoms with Crippen LogP contribution in [-0.4, -0.2) is 36.2 Å². The van der Waals surface area contributed by atoms with Gasteiger partial charge in [0.15, 0.2) is 0 Å². The van der Waals surface area contributed by atoms with Crippen LogP contribution in [0, 0.1) is 7.11 Å². The average Bonchev–Trinajstić information content (AvgIpc) is 2.25. The van der Waals surface area contributed by atoms with Gasteiger partial charge in [0.05, 0.1) is 7.11 Å². The summed E-state index contributed by atoms with van der Waals surface area (Å²) in [6, 6.07) is 0. The van der Waals surface area contributed by atoms with Crippen molar-refractivity contribution in [2.75, 3.05) is 0 Å². The molecule has 0 saturated heterocycles. The van der Waals surface area contributed by atoms with Crippen LogP contribution in [0.15, 0.2) is 0 Å². The number of halogens is 12. The van der Waals surface area contributed by atoms with E-state index < -0.39 is 36.2 Å². The van der Waals surface area contributed by atoms with Crippen molar-refractivity contribution >= 4 is 0 Å². The Hall–Kier alpha value is -0.880. The number of ether oxygens (including phenoxy) is 1. The summed E-state index contributed by atoms with van der Waals surface area (Å²) in [6.45, 7) is 0. The maximum absolute atomic E-state index is 12.6. The highest BCUT2D eigenvalue weighted by atomic mass is 19.4. The predicted molar refractivity (Wildman–Crippen MR) is 37.2 cm³/mol. The summed E-state index contributed by atoms with van der Waals surface area (Å²) in [6.07, 6.45) is -11.9. The molecule has 0 amide bonds. The lowest BCUT2D eigenvalue weighted by Crippen LogP contribution is -2.68. The van der Waals surface area contributed by atoms with Crippen LogP contribution in [0.5, 0.6) is 0 Å². The minimum absolute atomic E-state index is 1.82. The summed E-state index contributed by atoms with van der Waals surface area (Å²) in [4.78, 5) is 0. The highest BCUT2D eigenvalue weighted by Gasteiger charge is 2.88. The SMILES string of the molecule is [CH2]OC(F)C(F)(F)C(F)(F)C(F)(F)C(F)(F)C(F)(F)F. The fourth-order valence-corrected chi connectivity index (χ4v) is 0.832. The van der Waals surface area contributed by atoms with Crippen LogP contribution in [0.4, 0.5) is 52.7 Å². The minimum atomic E-state index is -7.65. The van der Waals surface area contributed by atoms with Gasteiger partial charge in [0.2, 0.25) is 0 Å². The first-order chi connectivity index (χ1) is 8.48. The van der Waals surface area contributed by atoms with Crippen molar-refractivity contribution in [3.8, 4) is 0 Å². The third-order valence-corrected chi connectivity index (χ3v) is 1.99. The van der Waals surface area contributed by atoms with E-state index in [1.807, 2.05) is 7.11 Å². The molecular formula is C7H3F12O. The minimum Gasteiger partial charge on any atom is -0.341 e. The van der Waals surface area contributed by atoms with Gasteiger partial charge in [-0.3, -0.25) is 0 Å². The van der Waals surface area contributed by atoms with Gasteiger partial charge in [-0.25, -0.2) is 4.39 Å². The molecule has 0 N–H and O–H groups in total. The molecule has 0 bridgehead atoms. The zero-order chi connectivity index (χ0) is 16.8. The van der Waals surface area contributed by atoms with Crippen LogP contribution in [0.3, 0.4) is 0 Å². The highest BCUT2D eigenvalue weighted by molar-refractivity contribution is 5.07. The molecule has 121 valence electrons. The Bertz CT molecular complexity index is 344. The van der Waals surface area contributed by atoms with E-state index in [9.17, 15) is 52.7 Å². The van der Waals surface area contributed by atoms with E-state index in [1.165, 1.54) is 0 Å². The van der Waals surface area contributed by atoms with E-state index in [-0.39, 0.29) is 0 Å². The van der Waals surface area contributed by atoms with Crippen molar-refractivity contribution in [1.82, 2.24) is 0 Å².